The summed E-state index contributed by atoms with van der Waals surface area (Å²) in [5.41, 5.74) is 9.08. The summed E-state index contributed by atoms with van der Waals surface area (Å²) in [5, 5.41) is 5.99. The van der Waals surface area contributed by atoms with E-state index in [2.05, 4.69) is 29.7 Å². The lowest BCUT2D eigenvalue weighted by Gasteiger charge is -2.15. The molecule has 3 aromatic heterocycles. The van der Waals surface area contributed by atoms with Gasteiger partial charge < -0.3 is 10.5 Å². The van der Waals surface area contributed by atoms with Gasteiger partial charge >= 0.3 is 0 Å². The highest BCUT2D eigenvalue weighted by Gasteiger charge is 2.23. The molecular formula is C26H29N5O3SSi. The molecule has 2 N–H and O–H groups in total. The lowest BCUT2D eigenvalue weighted by Crippen LogP contribution is -2.22. The third kappa shape index (κ3) is 4.54. The number of hydrogen-bond acceptors (Lipinski definition) is 6. The number of benzene rings is 2. The summed E-state index contributed by atoms with van der Waals surface area (Å²) >= 11 is 0. The second-order valence-electron chi connectivity index (χ2n) is 10.00. The van der Waals surface area contributed by atoms with E-state index in [0.717, 1.165) is 33.5 Å². The lowest BCUT2D eigenvalue weighted by molar-refractivity contribution is 0.0819. The van der Waals surface area contributed by atoms with Crippen LogP contribution < -0.4 is 5.73 Å². The zero-order chi connectivity index (χ0) is 25.5. The lowest BCUT2D eigenvalue weighted by atomic mass is 10.0. The minimum absolute atomic E-state index is 0.203. The van der Waals surface area contributed by atoms with Crippen molar-refractivity contribution in [1.82, 2.24) is 18.7 Å². The Bertz CT molecular complexity index is 1650. The standard InChI is InChI=1S/C26H29N5O3SSi/c1-36(2,3)15-14-34-18-30-24-12-11-19(16-22(24)25(27)29-30)23-17-31(26-21(23)10-7-13-28-26)35(32,33)20-8-5-4-6-9-20/h4-13,16-17H,14-15,18H2,1-3H3,(H2,27,29). The number of nitrogen functional groups attached to an aromatic ring is 1. The van der Waals surface area contributed by atoms with Crippen molar-refractivity contribution in [3.8, 4) is 11.1 Å². The number of hydrogen-bond donors (Lipinski definition) is 1. The van der Waals surface area contributed by atoms with Crippen molar-refractivity contribution in [2.75, 3.05) is 12.3 Å². The van der Waals surface area contributed by atoms with Crippen molar-refractivity contribution in [1.29, 1.82) is 0 Å². The molecule has 5 rings (SSSR count). The fourth-order valence-electron chi connectivity index (χ4n) is 4.15. The van der Waals surface area contributed by atoms with Crippen LogP contribution in [-0.2, 0) is 21.5 Å². The van der Waals surface area contributed by atoms with Crippen LogP contribution in [-0.4, -0.2) is 41.8 Å². The van der Waals surface area contributed by atoms with Crippen LogP contribution in [0, 0.1) is 0 Å². The van der Waals surface area contributed by atoms with Crippen LogP contribution in [0.4, 0.5) is 5.82 Å². The molecule has 0 amide bonds. The molecule has 186 valence electrons. The topological polar surface area (TPSA) is 105 Å². The van der Waals surface area contributed by atoms with Crippen LogP contribution in [0.2, 0.25) is 25.7 Å². The largest absolute Gasteiger partial charge is 0.382 e. The van der Waals surface area contributed by atoms with Gasteiger partial charge in [-0.15, -0.1) is 0 Å². The fraction of sp³-hybridized carbons (Fsp3) is 0.231. The van der Waals surface area contributed by atoms with Gasteiger partial charge in [0.15, 0.2) is 11.5 Å². The highest BCUT2D eigenvalue weighted by Crippen LogP contribution is 2.34. The third-order valence-electron chi connectivity index (χ3n) is 6.13. The predicted molar refractivity (Wildman–Crippen MR) is 146 cm³/mol. The van der Waals surface area contributed by atoms with Gasteiger partial charge in [-0.25, -0.2) is 22.1 Å². The number of fused-ring (bicyclic) bond motifs is 2. The van der Waals surface area contributed by atoms with E-state index < -0.39 is 18.1 Å². The first kappa shape index (κ1) is 24.2. The van der Waals surface area contributed by atoms with E-state index in [0.29, 0.717) is 24.8 Å². The second kappa shape index (κ2) is 9.19. The van der Waals surface area contributed by atoms with Crippen molar-refractivity contribution >= 4 is 45.9 Å². The molecule has 0 fully saturated rings. The van der Waals surface area contributed by atoms with Crippen LogP contribution in [0.5, 0.6) is 0 Å². The summed E-state index contributed by atoms with van der Waals surface area (Å²) in [6.45, 7) is 7.97. The van der Waals surface area contributed by atoms with E-state index in [-0.39, 0.29) is 4.90 Å². The maximum Gasteiger partial charge on any atom is 0.269 e. The zero-order valence-corrected chi connectivity index (χ0v) is 22.4. The van der Waals surface area contributed by atoms with Gasteiger partial charge in [-0.1, -0.05) is 43.9 Å². The zero-order valence-electron chi connectivity index (χ0n) is 20.5. The fourth-order valence-corrected chi connectivity index (χ4v) is 6.25. The molecule has 0 aliphatic heterocycles. The quantitative estimate of drug-likeness (QED) is 0.224. The van der Waals surface area contributed by atoms with Crippen molar-refractivity contribution in [3.63, 3.8) is 0 Å². The number of anilines is 1. The number of nitrogens with two attached hydrogens (primary N) is 1. The molecule has 8 nitrogen and oxygen atoms in total. The maximum absolute atomic E-state index is 13.4. The highest BCUT2D eigenvalue weighted by atomic mass is 32.2. The number of pyridine rings is 1. The Labute approximate surface area is 211 Å². The van der Waals surface area contributed by atoms with Crippen LogP contribution in [0.25, 0.3) is 33.1 Å². The minimum Gasteiger partial charge on any atom is -0.382 e. The molecule has 10 heteroatoms. The molecule has 0 saturated carbocycles. The molecule has 0 bridgehead atoms. The van der Waals surface area contributed by atoms with Gasteiger partial charge in [0.25, 0.3) is 10.0 Å². The molecule has 0 saturated heterocycles. The third-order valence-corrected chi connectivity index (χ3v) is 9.50. The van der Waals surface area contributed by atoms with Crippen LogP contribution >= 0.6 is 0 Å². The van der Waals surface area contributed by atoms with Gasteiger partial charge in [-0.05, 0) is 48.0 Å². The normalized spacial score (nSPS) is 12.5. The Morgan fingerprint density at radius 1 is 1.00 bits per heavy atom. The summed E-state index contributed by atoms with van der Waals surface area (Å²) in [4.78, 5) is 4.59. The molecule has 5 aromatic rings. The van der Waals surface area contributed by atoms with E-state index in [1.165, 1.54) is 3.97 Å². The van der Waals surface area contributed by atoms with E-state index in [1.54, 1.807) is 53.5 Å². The molecule has 0 aliphatic rings. The van der Waals surface area contributed by atoms with Gasteiger partial charge in [0.1, 0.15) is 6.73 Å². The van der Waals surface area contributed by atoms with E-state index in [1.807, 2.05) is 24.3 Å². The van der Waals surface area contributed by atoms with Gasteiger partial charge in [-0.2, -0.15) is 5.10 Å². The molecule has 0 unspecified atom stereocenters. The Hall–Kier alpha value is -3.47. The molecule has 36 heavy (non-hydrogen) atoms. The van der Waals surface area contributed by atoms with Crippen molar-refractivity contribution in [3.05, 3.63) is 73.1 Å². The molecule has 2 aromatic carbocycles. The van der Waals surface area contributed by atoms with Crippen LogP contribution in [0.15, 0.2) is 78.0 Å². The highest BCUT2D eigenvalue weighted by molar-refractivity contribution is 7.90. The van der Waals surface area contributed by atoms with E-state index in [9.17, 15) is 8.42 Å². The summed E-state index contributed by atoms with van der Waals surface area (Å²) in [5.74, 6) is 0.402. The van der Waals surface area contributed by atoms with Crippen molar-refractivity contribution in [2.24, 2.45) is 0 Å². The summed E-state index contributed by atoms with van der Waals surface area (Å²) in [7, 11) is -5.00. The Kier molecular flexibility index (Phi) is 6.19. The van der Waals surface area contributed by atoms with E-state index >= 15 is 0 Å². The molecular weight excluding hydrogens is 490 g/mol. The molecule has 0 aliphatic carbocycles. The Balaban J connectivity index is 1.54. The number of rotatable bonds is 8. The average molecular weight is 520 g/mol. The maximum atomic E-state index is 13.4. The van der Waals surface area contributed by atoms with Gasteiger partial charge in [-0.3, -0.25) is 0 Å². The average Bonchev–Trinajstić information content (AvgIpc) is 3.40. The Morgan fingerprint density at radius 3 is 2.53 bits per heavy atom. The minimum atomic E-state index is -3.82. The molecule has 3 heterocycles. The number of aromatic nitrogens is 4. The first-order valence-electron chi connectivity index (χ1n) is 11.8. The number of nitrogens with zero attached hydrogens (tertiary/aromatic N) is 4. The Morgan fingerprint density at radius 2 is 1.78 bits per heavy atom. The van der Waals surface area contributed by atoms with Crippen LogP contribution in [0.1, 0.15) is 0 Å². The molecule has 0 spiro atoms. The van der Waals surface area contributed by atoms with Gasteiger partial charge in [0.2, 0.25) is 0 Å². The SMILES string of the molecule is C[Si](C)(C)CCOCn1nc(N)c2cc(-c3cn(S(=O)(=O)c4ccccc4)c4ncccc34)ccc21. The summed E-state index contributed by atoms with van der Waals surface area (Å²) < 4.78 is 35.7. The predicted octanol–water partition coefficient (Wildman–Crippen LogP) is 5.18. The summed E-state index contributed by atoms with van der Waals surface area (Å²) in [6, 6.07) is 18.9. The van der Waals surface area contributed by atoms with Crippen molar-refractivity contribution < 1.29 is 13.2 Å². The van der Waals surface area contributed by atoms with Crippen LogP contribution in [0.3, 0.4) is 0 Å². The number of ether oxygens (including phenoxy) is 1. The molecule has 0 atom stereocenters. The first-order valence-corrected chi connectivity index (χ1v) is 16.9. The van der Waals surface area contributed by atoms with Crippen molar-refractivity contribution in [2.45, 2.75) is 37.3 Å². The van der Waals surface area contributed by atoms with E-state index in [4.69, 9.17) is 10.5 Å². The smallest absolute Gasteiger partial charge is 0.269 e. The van der Waals surface area contributed by atoms with Gasteiger partial charge in [0.05, 0.1) is 10.4 Å². The summed E-state index contributed by atoms with van der Waals surface area (Å²) in [6.07, 6.45) is 3.22. The first-order chi connectivity index (χ1) is 17.1. The monoisotopic (exact) mass is 519 g/mol. The second-order valence-corrected chi connectivity index (χ2v) is 17.4. The van der Waals surface area contributed by atoms with Gasteiger partial charge in [0, 0.05) is 43.4 Å². The molecule has 0 radical (unpaired) electrons.